The topological polar surface area (TPSA) is 55.2 Å². The summed E-state index contributed by atoms with van der Waals surface area (Å²) in [6.45, 7) is -0.114. The van der Waals surface area contributed by atoms with Crippen LogP contribution < -0.4 is 5.56 Å². The molecule has 0 aliphatic heterocycles. The van der Waals surface area contributed by atoms with Crippen LogP contribution in [0.25, 0.3) is 10.2 Å². The van der Waals surface area contributed by atoms with Crippen molar-refractivity contribution >= 4 is 39.1 Å². The van der Waals surface area contributed by atoms with E-state index < -0.39 is 5.82 Å². The highest BCUT2D eigenvalue weighted by molar-refractivity contribution is 7.18. The molecular formula is C21H21ClFN3O2S. The van der Waals surface area contributed by atoms with Crippen LogP contribution in [0.2, 0.25) is 5.02 Å². The van der Waals surface area contributed by atoms with Crippen molar-refractivity contribution in [2.75, 3.05) is 7.05 Å². The van der Waals surface area contributed by atoms with Gasteiger partial charge in [0.25, 0.3) is 5.56 Å². The van der Waals surface area contributed by atoms with Gasteiger partial charge in [0.05, 0.1) is 11.7 Å². The molecule has 1 aliphatic carbocycles. The molecule has 8 heteroatoms. The van der Waals surface area contributed by atoms with Crippen LogP contribution in [-0.2, 0) is 30.7 Å². The highest BCUT2D eigenvalue weighted by Gasteiger charge is 2.21. The monoisotopic (exact) mass is 433 g/mol. The van der Waals surface area contributed by atoms with Crippen LogP contribution in [0.5, 0.6) is 0 Å². The van der Waals surface area contributed by atoms with Crippen LogP contribution in [0.1, 0.15) is 35.3 Å². The predicted molar refractivity (Wildman–Crippen MR) is 113 cm³/mol. The van der Waals surface area contributed by atoms with Crippen LogP contribution in [-0.4, -0.2) is 27.4 Å². The summed E-state index contributed by atoms with van der Waals surface area (Å²) in [5.74, 6) is -0.771. The number of rotatable bonds is 4. The SMILES string of the molecule is CN(Cc1c(F)cccc1Cl)C(=O)Cn1cnc2sc3c(c2c1=O)CCCCC3. The zero-order chi connectivity index (χ0) is 20.5. The first-order valence-electron chi connectivity index (χ1n) is 9.62. The molecule has 0 atom stereocenters. The van der Waals surface area contributed by atoms with Gasteiger partial charge in [-0.1, -0.05) is 24.1 Å². The van der Waals surface area contributed by atoms with Crippen molar-refractivity contribution in [2.45, 2.75) is 45.2 Å². The third-order valence-electron chi connectivity index (χ3n) is 5.38. The summed E-state index contributed by atoms with van der Waals surface area (Å²) in [5.41, 5.74) is 1.18. The first-order valence-corrected chi connectivity index (χ1v) is 10.8. The number of benzene rings is 1. The molecule has 1 amide bonds. The second kappa shape index (κ2) is 8.24. The molecule has 0 bridgehead atoms. The zero-order valence-corrected chi connectivity index (χ0v) is 17.7. The molecule has 3 aromatic rings. The minimum absolute atomic E-state index is 0.0304. The Morgan fingerprint density at radius 2 is 2.10 bits per heavy atom. The number of hydrogen-bond donors (Lipinski definition) is 0. The Bertz CT molecular complexity index is 1120. The van der Waals surface area contributed by atoms with Crippen molar-refractivity contribution in [1.82, 2.24) is 14.5 Å². The zero-order valence-electron chi connectivity index (χ0n) is 16.1. The molecule has 5 nitrogen and oxygen atoms in total. The summed E-state index contributed by atoms with van der Waals surface area (Å²) in [6, 6.07) is 4.42. The van der Waals surface area contributed by atoms with Gasteiger partial charge >= 0.3 is 0 Å². The molecule has 2 aromatic heterocycles. The fourth-order valence-corrected chi connectivity index (χ4v) is 5.19. The molecule has 4 rings (SSSR count). The van der Waals surface area contributed by atoms with Crippen molar-refractivity contribution in [3.63, 3.8) is 0 Å². The van der Waals surface area contributed by atoms with Crippen molar-refractivity contribution in [1.29, 1.82) is 0 Å². The van der Waals surface area contributed by atoms with E-state index in [2.05, 4.69) is 4.98 Å². The number of fused-ring (bicyclic) bond motifs is 3. The van der Waals surface area contributed by atoms with Crippen molar-refractivity contribution in [3.8, 4) is 0 Å². The molecule has 152 valence electrons. The second-order valence-corrected chi connectivity index (χ2v) is 8.86. The number of thiophene rings is 1. The van der Waals surface area contributed by atoms with Crippen LogP contribution in [0.4, 0.5) is 4.39 Å². The number of halogens is 2. The van der Waals surface area contributed by atoms with E-state index in [0.29, 0.717) is 5.39 Å². The van der Waals surface area contributed by atoms with Gasteiger partial charge in [-0.2, -0.15) is 0 Å². The molecule has 0 spiro atoms. The minimum Gasteiger partial charge on any atom is -0.340 e. The van der Waals surface area contributed by atoms with E-state index in [-0.39, 0.29) is 35.1 Å². The smallest absolute Gasteiger partial charge is 0.262 e. The average molecular weight is 434 g/mol. The quantitative estimate of drug-likeness (QED) is 0.580. The molecule has 1 aliphatic rings. The molecular weight excluding hydrogens is 413 g/mol. The van der Waals surface area contributed by atoms with Crippen molar-refractivity contribution in [3.05, 3.63) is 61.7 Å². The van der Waals surface area contributed by atoms with Gasteiger partial charge in [-0.3, -0.25) is 14.2 Å². The normalized spacial score (nSPS) is 13.9. The molecule has 0 radical (unpaired) electrons. The van der Waals surface area contributed by atoms with Gasteiger partial charge in [-0.05, 0) is 43.4 Å². The number of aromatic nitrogens is 2. The van der Waals surface area contributed by atoms with Crippen LogP contribution in [0, 0.1) is 5.82 Å². The van der Waals surface area contributed by atoms with E-state index in [4.69, 9.17) is 11.6 Å². The van der Waals surface area contributed by atoms with E-state index >= 15 is 0 Å². The number of carbonyl (C=O) groups excluding carboxylic acids is 1. The fraction of sp³-hybridized carbons (Fsp3) is 0.381. The molecule has 2 heterocycles. The summed E-state index contributed by atoms with van der Waals surface area (Å²) in [6.07, 6.45) is 6.67. The van der Waals surface area contributed by atoms with Gasteiger partial charge in [0, 0.05) is 29.1 Å². The van der Waals surface area contributed by atoms with E-state index in [1.54, 1.807) is 24.5 Å². The maximum Gasteiger partial charge on any atom is 0.262 e. The lowest BCUT2D eigenvalue weighted by atomic mass is 10.1. The van der Waals surface area contributed by atoms with E-state index in [1.165, 1.54) is 39.2 Å². The molecule has 0 N–H and O–H groups in total. The van der Waals surface area contributed by atoms with Gasteiger partial charge < -0.3 is 4.90 Å². The summed E-state index contributed by atoms with van der Waals surface area (Å²) >= 11 is 7.65. The van der Waals surface area contributed by atoms with Gasteiger partial charge in [-0.15, -0.1) is 11.3 Å². The molecule has 0 saturated heterocycles. The van der Waals surface area contributed by atoms with Crippen molar-refractivity contribution < 1.29 is 9.18 Å². The summed E-state index contributed by atoms with van der Waals surface area (Å²) in [4.78, 5) is 33.6. The van der Waals surface area contributed by atoms with E-state index in [0.717, 1.165) is 36.1 Å². The van der Waals surface area contributed by atoms with Crippen LogP contribution >= 0.6 is 22.9 Å². The number of aryl methyl sites for hydroxylation is 2. The molecule has 0 unspecified atom stereocenters. The largest absolute Gasteiger partial charge is 0.340 e. The minimum atomic E-state index is -0.460. The Morgan fingerprint density at radius 3 is 2.90 bits per heavy atom. The first-order chi connectivity index (χ1) is 14.0. The van der Waals surface area contributed by atoms with Gasteiger partial charge in [-0.25, -0.2) is 9.37 Å². The van der Waals surface area contributed by atoms with Crippen LogP contribution in [0.3, 0.4) is 0 Å². The molecule has 0 fully saturated rings. The van der Waals surface area contributed by atoms with Crippen molar-refractivity contribution in [2.24, 2.45) is 0 Å². The number of hydrogen-bond acceptors (Lipinski definition) is 4. The Labute approximate surface area is 176 Å². The lowest BCUT2D eigenvalue weighted by Gasteiger charge is -2.19. The predicted octanol–water partition coefficient (Wildman–Crippen LogP) is 4.18. The Morgan fingerprint density at radius 1 is 1.31 bits per heavy atom. The van der Waals surface area contributed by atoms with E-state index in [9.17, 15) is 14.0 Å². The standard InChI is InChI=1S/C21H21ClFN3O2S/c1-25(10-14-15(22)7-5-8-16(14)23)18(27)11-26-12-24-20-19(21(26)28)13-6-3-2-4-9-17(13)29-20/h5,7-8,12H,2-4,6,9-11H2,1H3. The summed E-state index contributed by atoms with van der Waals surface area (Å²) in [7, 11) is 1.57. The van der Waals surface area contributed by atoms with Gasteiger partial charge in [0.15, 0.2) is 0 Å². The number of carbonyl (C=O) groups is 1. The third-order valence-corrected chi connectivity index (χ3v) is 6.93. The van der Waals surface area contributed by atoms with Crippen LogP contribution in [0.15, 0.2) is 29.3 Å². The lowest BCUT2D eigenvalue weighted by molar-refractivity contribution is -0.131. The Balaban J connectivity index is 1.59. The summed E-state index contributed by atoms with van der Waals surface area (Å²) in [5, 5.41) is 0.924. The molecule has 0 saturated carbocycles. The molecule has 1 aromatic carbocycles. The van der Waals surface area contributed by atoms with Gasteiger partial charge in [0.1, 0.15) is 17.2 Å². The molecule has 29 heavy (non-hydrogen) atoms. The number of nitrogens with zero attached hydrogens (tertiary/aromatic N) is 3. The summed E-state index contributed by atoms with van der Waals surface area (Å²) < 4.78 is 15.4. The highest BCUT2D eigenvalue weighted by Crippen LogP contribution is 2.32. The van der Waals surface area contributed by atoms with Gasteiger partial charge in [0.2, 0.25) is 5.91 Å². The second-order valence-electron chi connectivity index (χ2n) is 7.37. The van der Waals surface area contributed by atoms with E-state index in [1.807, 2.05) is 0 Å². The first kappa shape index (κ1) is 20.0. The fourth-order valence-electron chi connectivity index (χ4n) is 3.75. The highest BCUT2D eigenvalue weighted by atomic mass is 35.5. The number of amides is 1. The Hall–Kier alpha value is -2.25. The Kier molecular flexibility index (Phi) is 5.69. The maximum atomic E-state index is 14.0. The average Bonchev–Trinajstić information content (AvgIpc) is 2.89. The third kappa shape index (κ3) is 3.94. The number of likely N-dealkylation sites (N-methyl/N-ethyl adjacent to an activating group) is 1. The lowest BCUT2D eigenvalue weighted by Crippen LogP contribution is -2.34. The maximum absolute atomic E-state index is 14.0.